The van der Waals surface area contributed by atoms with E-state index in [1.165, 1.54) is 11.8 Å². The van der Waals surface area contributed by atoms with Gasteiger partial charge in [0.1, 0.15) is 5.75 Å². The van der Waals surface area contributed by atoms with Crippen molar-refractivity contribution in [3.8, 4) is 17.0 Å². The van der Waals surface area contributed by atoms with Gasteiger partial charge in [0.05, 0.1) is 18.6 Å². The molecule has 1 aromatic carbocycles. The molecule has 1 N–H and O–H groups in total. The van der Waals surface area contributed by atoms with Crippen LogP contribution in [0.4, 0.5) is 0 Å². The SMILES string of the molecule is COc1ccc(-c2ccc3nnc(SCC(=O)NC4CC4)n3n2)cc1. The number of nitrogens with one attached hydrogen (secondary N) is 1. The molecule has 8 heteroatoms. The van der Waals surface area contributed by atoms with Crippen LogP contribution >= 0.6 is 11.8 Å². The summed E-state index contributed by atoms with van der Waals surface area (Å²) in [4.78, 5) is 11.9. The van der Waals surface area contributed by atoms with E-state index in [-0.39, 0.29) is 5.91 Å². The van der Waals surface area contributed by atoms with E-state index in [4.69, 9.17) is 4.74 Å². The smallest absolute Gasteiger partial charge is 0.230 e. The number of hydrogen-bond acceptors (Lipinski definition) is 6. The van der Waals surface area contributed by atoms with E-state index in [9.17, 15) is 4.79 Å². The molecular formula is C17H17N5O2S. The minimum atomic E-state index is 0.0237. The first-order valence-electron chi connectivity index (χ1n) is 8.02. The second-order valence-electron chi connectivity index (χ2n) is 5.83. The summed E-state index contributed by atoms with van der Waals surface area (Å²) in [7, 11) is 1.64. The van der Waals surface area contributed by atoms with Crippen LogP contribution in [0.2, 0.25) is 0 Å². The van der Waals surface area contributed by atoms with Crippen LogP contribution in [-0.2, 0) is 4.79 Å². The number of aromatic nitrogens is 4. The van der Waals surface area contributed by atoms with Gasteiger partial charge in [-0.1, -0.05) is 11.8 Å². The van der Waals surface area contributed by atoms with Crippen LogP contribution in [0.5, 0.6) is 5.75 Å². The second-order valence-corrected chi connectivity index (χ2v) is 6.77. The normalized spacial score (nSPS) is 13.8. The quantitative estimate of drug-likeness (QED) is 0.683. The Balaban J connectivity index is 1.54. The number of benzene rings is 1. The average Bonchev–Trinajstić information content (AvgIpc) is 3.37. The van der Waals surface area contributed by atoms with Crippen LogP contribution < -0.4 is 10.1 Å². The lowest BCUT2D eigenvalue weighted by Crippen LogP contribution is -2.27. The number of nitrogens with zero attached hydrogens (tertiary/aromatic N) is 4. The maximum Gasteiger partial charge on any atom is 0.230 e. The van der Waals surface area contributed by atoms with Crippen molar-refractivity contribution in [1.82, 2.24) is 25.1 Å². The summed E-state index contributed by atoms with van der Waals surface area (Å²) >= 11 is 1.34. The first-order chi connectivity index (χ1) is 12.2. The summed E-state index contributed by atoms with van der Waals surface area (Å²) in [6.45, 7) is 0. The predicted octanol–water partition coefficient (Wildman–Crippen LogP) is 2.17. The highest BCUT2D eigenvalue weighted by Crippen LogP contribution is 2.23. The largest absolute Gasteiger partial charge is 0.497 e. The van der Waals surface area contributed by atoms with Crippen molar-refractivity contribution in [2.24, 2.45) is 0 Å². The number of amides is 1. The number of methoxy groups -OCH3 is 1. The van der Waals surface area contributed by atoms with Gasteiger partial charge in [0.2, 0.25) is 11.1 Å². The molecule has 0 spiro atoms. The molecule has 4 rings (SSSR count). The zero-order valence-corrected chi connectivity index (χ0v) is 14.5. The standard InChI is InChI=1S/C17H17N5O2S/c1-24-13-6-2-11(3-7-13)14-8-9-15-19-20-17(22(15)21-14)25-10-16(23)18-12-4-5-12/h2-3,6-9,12H,4-5,10H2,1H3,(H,18,23). The highest BCUT2D eigenvalue weighted by molar-refractivity contribution is 7.99. The number of rotatable bonds is 6. The number of fused-ring (bicyclic) bond motifs is 1. The molecule has 1 saturated carbocycles. The molecule has 2 aromatic heterocycles. The zero-order chi connectivity index (χ0) is 17.2. The van der Waals surface area contributed by atoms with Gasteiger partial charge in [-0.05, 0) is 49.2 Å². The van der Waals surface area contributed by atoms with Crippen LogP contribution in [-0.4, -0.2) is 44.6 Å². The van der Waals surface area contributed by atoms with Crippen LogP contribution in [0.15, 0.2) is 41.6 Å². The van der Waals surface area contributed by atoms with Crippen molar-refractivity contribution in [3.05, 3.63) is 36.4 Å². The minimum Gasteiger partial charge on any atom is -0.497 e. The first-order valence-corrected chi connectivity index (χ1v) is 9.00. The maximum atomic E-state index is 11.9. The van der Waals surface area contributed by atoms with Crippen molar-refractivity contribution >= 4 is 23.3 Å². The van der Waals surface area contributed by atoms with Gasteiger partial charge in [0.15, 0.2) is 5.65 Å². The average molecular weight is 355 g/mol. The van der Waals surface area contributed by atoms with Crippen molar-refractivity contribution in [1.29, 1.82) is 0 Å². The molecule has 1 fully saturated rings. The highest BCUT2D eigenvalue weighted by Gasteiger charge is 2.23. The van der Waals surface area contributed by atoms with E-state index in [2.05, 4.69) is 20.6 Å². The van der Waals surface area contributed by atoms with Gasteiger partial charge in [-0.3, -0.25) is 4.79 Å². The lowest BCUT2D eigenvalue weighted by atomic mass is 10.1. The Labute approximate surface area is 148 Å². The molecule has 0 saturated heterocycles. The van der Waals surface area contributed by atoms with Gasteiger partial charge in [0.25, 0.3) is 0 Å². The lowest BCUT2D eigenvalue weighted by Gasteiger charge is -2.05. The van der Waals surface area contributed by atoms with Gasteiger partial charge >= 0.3 is 0 Å². The third kappa shape index (κ3) is 3.58. The molecule has 3 aromatic rings. The molecule has 0 atom stereocenters. The molecule has 0 aliphatic heterocycles. The predicted molar refractivity (Wildman–Crippen MR) is 94.7 cm³/mol. The van der Waals surface area contributed by atoms with Crippen molar-refractivity contribution < 1.29 is 9.53 Å². The van der Waals surface area contributed by atoms with Crippen LogP contribution in [0.3, 0.4) is 0 Å². The van der Waals surface area contributed by atoms with Crippen LogP contribution in [0.1, 0.15) is 12.8 Å². The summed E-state index contributed by atoms with van der Waals surface area (Å²) in [5.41, 5.74) is 2.43. The van der Waals surface area contributed by atoms with Crippen molar-refractivity contribution in [2.45, 2.75) is 24.0 Å². The van der Waals surface area contributed by atoms with Gasteiger partial charge in [0, 0.05) is 11.6 Å². The maximum absolute atomic E-state index is 11.9. The third-order valence-electron chi connectivity index (χ3n) is 3.89. The fraction of sp³-hybridized carbons (Fsp3) is 0.294. The molecule has 7 nitrogen and oxygen atoms in total. The summed E-state index contributed by atoms with van der Waals surface area (Å²) < 4.78 is 6.86. The topological polar surface area (TPSA) is 81.4 Å². The molecule has 2 heterocycles. The number of hydrogen-bond donors (Lipinski definition) is 1. The number of thioether (sulfide) groups is 1. The Hall–Kier alpha value is -2.61. The van der Waals surface area contributed by atoms with E-state index >= 15 is 0 Å². The van der Waals surface area contributed by atoms with Crippen molar-refractivity contribution in [2.75, 3.05) is 12.9 Å². The van der Waals surface area contributed by atoms with Crippen LogP contribution in [0.25, 0.3) is 16.9 Å². The number of ether oxygens (including phenoxy) is 1. The Bertz CT molecular complexity index is 905. The fourth-order valence-electron chi connectivity index (χ4n) is 2.40. The second kappa shape index (κ2) is 6.72. The number of carbonyl (C=O) groups is 1. The van der Waals surface area contributed by atoms with Gasteiger partial charge < -0.3 is 10.1 Å². The van der Waals surface area contributed by atoms with Crippen molar-refractivity contribution in [3.63, 3.8) is 0 Å². The Morgan fingerprint density at radius 3 is 2.76 bits per heavy atom. The Morgan fingerprint density at radius 2 is 2.04 bits per heavy atom. The molecule has 0 radical (unpaired) electrons. The third-order valence-corrected chi connectivity index (χ3v) is 4.81. The summed E-state index contributed by atoms with van der Waals surface area (Å²) in [5, 5.41) is 16.4. The molecule has 1 aliphatic rings. The molecule has 1 amide bonds. The zero-order valence-electron chi connectivity index (χ0n) is 13.7. The van der Waals surface area contributed by atoms with E-state index in [0.29, 0.717) is 22.6 Å². The van der Waals surface area contributed by atoms with Gasteiger partial charge in [-0.15, -0.1) is 10.2 Å². The fourth-order valence-corrected chi connectivity index (χ4v) is 3.10. The molecule has 1 aliphatic carbocycles. The lowest BCUT2D eigenvalue weighted by molar-refractivity contribution is -0.118. The molecule has 25 heavy (non-hydrogen) atoms. The summed E-state index contributed by atoms with van der Waals surface area (Å²) in [6.07, 6.45) is 2.16. The van der Waals surface area contributed by atoms with E-state index in [1.54, 1.807) is 11.6 Å². The molecule has 0 unspecified atom stereocenters. The molecular weight excluding hydrogens is 338 g/mol. The number of carbonyl (C=O) groups excluding carboxylic acids is 1. The summed E-state index contributed by atoms with van der Waals surface area (Å²) in [6, 6.07) is 11.8. The van der Waals surface area contributed by atoms with Crippen LogP contribution in [0, 0.1) is 0 Å². The van der Waals surface area contributed by atoms with Gasteiger partial charge in [-0.25, -0.2) is 0 Å². The molecule has 0 bridgehead atoms. The van der Waals surface area contributed by atoms with E-state index in [1.807, 2.05) is 36.4 Å². The van der Waals surface area contributed by atoms with E-state index in [0.717, 1.165) is 29.8 Å². The Morgan fingerprint density at radius 1 is 1.24 bits per heavy atom. The first kappa shape index (κ1) is 15.9. The van der Waals surface area contributed by atoms with Gasteiger partial charge in [-0.2, -0.15) is 9.61 Å². The molecule has 128 valence electrons. The Kier molecular flexibility index (Phi) is 4.27. The highest BCUT2D eigenvalue weighted by atomic mass is 32.2. The monoisotopic (exact) mass is 355 g/mol. The minimum absolute atomic E-state index is 0.0237. The summed E-state index contributed by atoms with van der Waals surface area (Å²) in [5.74, 6) is 1.13. The van der Waals surface area contributed by atoms with E-state index < -0.39 is 0 Å².